The van der Waals surface area contributed by atoms with Gasteiger partial charge in [-0.2, -0.15) is 0 Å². The summed E-state index contributed by atoms with van der Waals surface area (Å²) in [6.07, 6.45) is 1.71. The Hall–Kier alpha value is -2.37. The van der Waals surface area contributed by atoms with E-state index in [1.807, 2.05) is 6.92 Å². The molecule has 1 aliphatic rings. The molecule has 130 valence electrons. The molecule has 0 aliphatic carbocycles. The standard InChI is InChI=1S/C18H24N2O4/c1-12-11-14(6-7-16(12)24-3)18(23)15-5-4-10-20(15)17(22)8-9-19-13(2)21/h6-7,11,15H,4-5,8-10H2,1-3H3,(H,19,21). The molecule has 0 saturated carbocycles. The van der Waals surface area contributed by atoms with Gasteiger partial charge in [-0.25, -0.2) is 0 Å². The van der Waals surface area contributed by atoms with Crippen LogP contribution in [0.5, 0.6) is 5.75 Å². The van der Waals surface area contributed by atoms with E-state index in [-0.39, 0.29) is 24.0 Å². The Labute approximate surface area is 142 Å². The summed E-state index contributed by atoms with van der Waals surface area (Å²) in [5.74, 6) is 0.447. The van der Waals surface area contributed by atoms with E-state index in [4.69, 9.17) is 4.74 Å². The van der Waals surface area contributed by atoms with Crippen molar-refractivity contribution in [1.82, 2.24) is 10.2 Å². The predicted molar refractivity (Wildman–Crippen MR) is 90.1 cm³/mol. The summed E-state index contributed by atoms with van der Waals surface area (Å²) in [7, 11) is 1.59. The van der Waals surface area contributed by atoms with E-state index < -0.39 is 6.04 Å². The van der Waals surface area contributed by atoms with Crippen molar-refractivity contribution in [3.05, 3.63) is 29.3 Å². The van der Waals surface area contributed by atoms with Crippen molar-refractivity contribution >= 4 is 17.6 Å². The number of Topliss-reactive ketones (excluding diaryl/α,β-unsaturated/α-hetero) is 1. The van der Waals surface area contributed by atoms with Crippen LogP contribution in [-0.4, -0.2) is 48.7 Å². The fraction of sp³-hybridized carbons (Fsp3) is 0.500. The number of hydrogen-bond acceptors (Lipinski definition) is 4. The summed E-state index contributed by atoms with van der Waals surface area (Å²) < 4.78 is 5.22. The number of nitrogens with zero attached hydrogens (tertiary/aromatic N) is 1. The van der Waals surface area contributed by atoms with Gasteiger partial charge in [-0.05, 0) is 43.5 Å². The van der Waals surface area contributed by atoms with E-state index in [0.717, 1.165) is 17.7 Å². The van der Waals surface area contributed by atoms with Crippen molar-refractivity contribution in [3.8, 4) is 5.75 Å². The second-order valence-electron chi connectivity index (χ2n) is 6.03. The predicted octanol–water partition coefficient (Wildman–Crippen LogP) is 1.70. The van der Waals surface area contributed by atoms with Gasteiger partial charge in [0.15, 0.2) is 5.78 Å². The highest BCUT2D eigenvalue weighted by atomic mass is 16.5. The normalized spacial score (nSPS) is 16.8. The maximum Gasteiger partial charge on any atom is 0.224 e. The summed E-state index contributed by atoms with van der Waals surface area (Å²) >= 11 is 0. The van der Waals surface area contributed by atoms with Gasteiger partial charge < -0.3 is 15.0 Å². The second kappa shape index (κ2) is 7.95. The van der Waals surface area contributed by atoms with E-state index >= 15 is 0 Å². The average molecular weight is 332 g/mol. The van der Waals surface area contributed by atoms with Gasteiger partial charge in [-0.1, -0.05) is 0 Å². The molecule has 2 rings (SSSR count). The summed E-state index contributed by atoms with van der Waals surface area (Å²) in [6, 6.07) is 4.91. The molecule has 1 aromatic rings. The lowest BCUT2D eigenvalue weighted by atomic mass is 10.00. The molecule has 2 amide bonds. The molecular formula is C18H24N2O4. The van der Waals surface area contributed by atoms with E-state index in [2.05, 4.69) is 5.32 Å². The summed E-state index contributed by atoms with van der Waals surface area (Å²) in [6.45, 7) is 4.19. The van der Waals surface area contributed by atoms with Crippen molar-refractivity contribution in [2.45, 2.75) is 39.2 Å². The second-order valence-corrected chi connectivity index (χ2v) is 6.03. The number of benzene rings is 1. The number of nitrogens with one attached hydrogen (secondary N) is 1. The van der Waals surface area contributed by atoms with Crippen LogP contribution < -0.4 is 10.1 Å². The third-order valence-electron chi connectivity index (χ3n) is 4.27. The molecule has 0 radical (unpaired) electrons. The van der Waals surface area contributed by atoms with Crippen LogP contribution in [0.15, 0.2) is 18.2 Å². The first-order chi connectivity index (χ1) is 11.4. The lowest BCUT2D eigenvalue weighted by Crippen LogP contribution is -2.41. The Morgan fingerprint density at radius 1 is 1.33 bits per heavy atom. The number of rotatable bonds is 6. The van der Waals surface area contributed by atoms with Gasteiger partial charge in [0.1, 0.15) is 5.75 Å². The van der Waals surface area contributed by atoms with Crippen molar-refractivity contribution in [2.24, 2.45) is 0 Å². The van der Waals surface area contributed by atoms with Crippen LogP contribution in [0.1, 0.15) is 42.1 Å². The Morgan fingerprint density at radius 2 is 2.08 bits per heavy atom. The highest BCUT2D eigenvalue weighted by molar-refractivity contribution is 6.02. The Morgan fingerprint density at radius 3 is 2.71 bits per heavy atom. The molecule has 1 aromatic carbocycles. The molecule has 1 aliphatic heterocycles. The third kappa shape index (κ3) is 4.13. The smallest absolute Gasteiger partial charge is 0.224 e. The van der Waals surface area contributed by atoms with Crippen molar-refractivity contribution in [2.75, 3.05) is 20.2 Å². The maximum atomic E-state index is 12.8. The average Bonchev–Trinajstić information content (AvgIpc) is 3.03. The topological polar surface area (TPSA) is 75.7 Å². The summed E-state index contributed by atoms with van der Waals surface area (Å²) in [4.78, 5) is 37.7. The number of methoxy groups -OCH3 is 1. The van der Waals surface area contributed by atoms with E-state index in [1.165, 1.54) is 6.92 Å². The molecule has 0 aromatic heterocycles. The van der Waals surface area contributed by atoms with Crippen LogP contribution in [0.25, 0.3) is 0 Å². The molecule has 24 heavy (non-hydrogen) atoms. The zero-order chi connectivity index (χ0) is 17.7. The Kier molecular flexibility index (Phi) is 5.95. The van der Waals surface area contributed by atoms with E-state index in [0.29, 0.717) is 25.1 Å². The van der Waals surface area contributed by atoms with Crippen LogP contribution in [0.3, 0.4) is 0 Å². The first kappa shape index (κ1) is 18.0. The van der Waals surface area contributed by atoms with Gasteiger partial charge in [-0.3, -0.25) is 14.4 Å². The van der Waals surface area contributed by atoms with Crippen LogP contribution in [0, 0.1) is 6.92 Å². The summed E-state index contributed by atoms with van der Waals surface area (Å²) in [5, 5.41) is 2.61. The molecule has 0 spiro atoms. The third-order valence-corrected chi connectivity index (χ3v) is 4.27. The van der Waals surface area contributed by atoms with Gasteiger partial charge in [0, 0.05) is 32.0 Å². The number of likely N-dealkylation sites (tertiary alicyclic amines) is 1. The largest absolute Gasteiger partial charge is 0.496 e. The minimum absolute atomic E-state index is 0.0360. The van der Waals surface area contributed by atoms with Gasteiger partial charge in [0.25, 0.3) is 0 Å². The highest BCUT2D eigenvalue weighted by Crippen LogP contribution is 2.25. The van der Waals surface area contributed by atoms with Crippen LogP contribution in [-0.2, 0) is 9.59 Å². The van der Waals surface area contributed by atoms with Crippen LogP contribution in [0.2, 0.25) is 0 Å². The number of amides is 2. The Balaban J connectivity index is 2.06. The van der Waals surface area contributed by atoms with Gasteiger partial charge in [0.2, 0.25) is 11.8 Å². The molecular weight excluding hydrogens is 308 g/mol. The molecule has 6 heteroatoms. The first-order valence-electron chi connectivity index (χ1n) is 8.16. The maximum absolute atomic E-state index is 12.8. The van der Waals surface area contributed by atoms with Gasteiger partial charge in [0.05, 0.1) is 13.2 Å². The van der Waals surface area contributed by atoms with Gasteiger partial charge >= 0.3 is 0 Å². The van der Waals surface area contributed by atoms with E-state index in [1.54, 1.807) is 30.2 Å². The number of ether oxygens (including phenoxy) is 1. The molecule has 1 fully saturated rings. The van der Waals surface area contributed by atoms with Crippen molar-refractivity contribution < 1.29 is 19.1 Å². The van der Waals surface area contributed by atoms with Crippen LogP contribution >= 0.6 is 0 Å². The SMILES string of the molecule is COc1ccc(C(=O)C2CCCN2C(=O)CCNC(C)=O)cc1C. The van der Waals surface area contributed by atoms with Crippen LogP contribution in [0.4, 0.5) is 0 Å². The molecule has 1 heterocycles. The minimum atomic E-state index is -0.414. The molecule has 1 saturated heterocycles. The lowest BCUT2D eigenvalue weighted by molar-refractivity contribution is -0.131. The molecule has 1 N–H and O–H groups in total. The Bertz CT molecular complexity index is 642. The number of hydrogen-bond donors (Lipinski definition) is 1. The monoisotopic (exact) mass is 332 g/mol. The molecule has 1 unspecified atom stereocenters. The number of ketones is 1. The summed E-state index contributed by atoms with van der Waals surface area (Å²) in [5.41, 5.74) is 1.49. The first-order valence-corrected chi connectivity index (χ1v) is 8.16. The molecule has 6 nitrogen and oxygen atoms in total. The fourth-order valence-corrected chi connectivity index (χ4v) is 3.05. The number of carbonyl (C=O) groups excluding carboxylic acids is 3. The molecule has 0 bridgehead atoms. The number of aryl methyl sites for hydroxylation is 1. The van der Waals surface area contributed by atoms with Crippen molar-refractivity contribution in [3.63, 3.8) is 0 Å². The fourth-order valence-electron chi connectivity index (χ4n) is 3.05. The van der Waals surface area contributed by atoms with Crippen molar-refractivity contribution in [1.29, 1.82) is 0 Å². The minimum Gasteiger partial charge on any atom is -0.496 e. The number of carbonyl (C=O) groups is 3. The lowest BCUT2D eigenvalue weighted by Gasteiger charge is -2.24. The highest BCUT2D eigenvalue weighted by Gasteiger charge is 2.34. The van der Waals surface area contributed by atoms with E-state index in [9.17, 15) is 14.4 Å². The van der Waals surface area contributed by atoms with Gasteiger partial charge in [-0.15, -0.1) is 0 Å². The quantitative estimate of drug-likeness (QED) is 0.805. The molecule has 1 atom stereocenters. The zero-order valence-corrected chi connectivity index (χ0v) is 14.4. The zero-order valence-electron chi connectivity index (χ0n) is 14.4.